The largest absolute Gasteiger partial charge is 0.390 e. The van der Waals surface area contributed by atoms with E-state index in [1.807, 2.05) is 37.3 Å². The molecule has 4 atom stereocenters. The van der Waals surface area contributed by atoms with E-state index >= 15 is 0 Å². The molecule has 2 aliphatic heterocycles. The number of rotatable bonds is 1. The van der Waals surface area contributed by atoms with Crippen LogP contribution in [0.5, 0.6) is 0 Å². The third kappa shape index (κ3) is 1.36. The summed E-state index contributed by atoms with van der Waals surface area (Å²) in [5.74, 6) is -0.377. The van der Waals surface area contributed by atoms with Gasteiger partial charge in [-0.1, -0.05) is 37.3 Å². The zero-order valence-electron chi connectivity index (χ0n) is 10.5. The van der Waals surface area contributed by atoms with Crippen molar-refractivity contribution < 1.29 is 14.6 Å². The molecule has 0 spiro atoms. The fourth-order valence-corrected chi connectivity index (χ4v) is 3.00. The number of fused-ring (bicyclic) bond motifs is 1. The number of hydrogen-bond donors (Lipinski definition) is 1. The van der Waals surface area contributed by atoms with Crippen LogP contribution < -0.4 is 0 Å². The van der Waals surface area contributed by atoms with Gasteiger partial charge in [0.15, 0.2) is 5.72 Å². The number of amides is 1. The van der Waals surface area contributed by atoms with E-state index < -0.39 is 11.8 Å². The van der Waals surface area contributed by atoms with Gasteiger partial charge < -0.3 is 14.7 Å². The molecule has 1 N–H and O–H groups in total. The Hall–Kier alpha value is -1.39. The average Bonchev–Trinajstić information content (AvgIpc) is 2.85. The molecule has 3 rings (SSSR count). The number of hydrogen-bond acceptors (Lipinski definition) is 3. The lowest BCUT2D eigenvalue weighted by molar-refractivity contribution is -0.148. The van der Waals surface area contributed by atoms with Crippen LogP contribution in [0.4, 0.5) is 0 Å². The molecule has 1 aromatic rings. The second-order valence-electron chi connectivity index (χ2n) is 5.21. The van der Waals surface area contributed by atoms with Crippen molar-refractivity contribution in [2.24, 2.45) is 5.92 Å². The summed E-state index contributed by atoms with van der Waals surface area (Å²) in [7, 11) is 0. The Morgan fingerprint density at radius 2 is 2.06 bits per heavy atom. The number of nitrogens with zero attached hydrogens (tertiary/aromatic N) is 1. The summed E-state index contributed by atoms with van der Waals surface area (Å²) in [6.07, 6.45) is -0.636. The molecule has 96 valence electrons. The minimum absolute atomic E-state index is 0.0312. The van der Waals surface area contributed by atoms with Crippen molar-refractivity contribution in [2.75, 3.05) is 6.61 Å². The molecule has 18 heavy (non-hydrogen) atoms. The van der Waals surface area contributed by atoms with Crippen LogP contribution in [-0.2, 0) is 15.3 Å². The number of benzene rings is 1. The van der Waals surface area contributed by atoms with Crippen LogP contribution in [0.15, 0.2) is 30.3 Å². The molecular weight excluding hydrogens is 230 g/mol. The molecule has 2 fully saturated rings. The summed E-state index contributed by atoms with van der Waals surface area (Å²) in [4.78, 5) is 14.0. The summed E-state index contributed by atoms with van der Waals surface area (Å²) < 4.78 is 5.83. The van der Waals surface area contributed by atoms with E-state index in [4.69, 9.17) is 4.74 Å². The molecule has 0 saturated carbocycles. The molecule has 2 saturated heterocycles. The topological polar surface area (TPSA) is 49.8 Å². The van der Waals surface area contributed by atoms with Crippen molar-refractivity contribution in [3.05, 3.63) is 35.9 Å². The van der Waals surface area contributed by atoms with Gasteiger partial charge in [0.2, 0.25) is 5.91 Å². The molecule has 2 aliphatic rings. The number of carbonyl (C=O) groups is 1. The van der Waals surface area contributed by atoms with E-state index in [-0.39, 0.29) is 17.9 Å². The van der Waals surface area contributed by atoms with Gasteiger partial charge in [-0.25, -0.2) is 0 Å². The van der Waals surface area contributed by atoms with Crippen LogP contribution in [0.25, 0.3) is 0 Å². The first-order chi connectivity index (χ1) is 8.55. The fourth-order valence-electron chi connectivity index (χ4n) is 3.00. The summed E-state index contributed by atoms with van der Waals surface area (Å²) in [6, 6.07) is 9.46. The van der Waals surface area contributed by atoms with Gasteiger partial charge in [0.1, 0.15) is 0 Å². The highest BCUT2D eigenvalue weighted by Gasteiger charge is 2.57. The van der Waals surface area contributed by atoms with Crippen molar-refractivity contribution in [1.29, 1.82) is 0 Å². The van der Waals surface area contributed by atoms with E-state index in [9.17, 15) is 9.90 Å². The molecular formula is C14H17NO3. The van der Waals surface area contributed by atoms with Crippen LogP contribution >= 0.6 is 0 Å². The van der Waals surface area contributed by atoms with Crippen LogP contribution in [0.2, 0.25) is 0 Å². The molecule has 1 aromatic carbocycles. The van der Waals surface area contributed by atoms with Crippen LogP contribution in [-0.4, -0.2) is 34.7 Å². The monoisotopic (exact) mass is 247 g/mol. The van der Waals surface area contributed by atoms with Crippen LogP contribution in [0.3, 0.4) is 0 Å². The predicted molar refractivity (Wildman–Crippen MR) is 65.6 cm³/mol. The quantitative estimate of drug-likeness (QED) is 0.808. The van der Waals surface area contributed by atoms with Crippen LogP contribution in [0.1, 0.15) is 19.4 Å². The zero-order chi connectivity index (χ0) is 12.9. The average molecular weight is 247 g/mol. The molecule has 0 unspecified atom stereocenters. The van der Waals surface area contributed by atoms with Crippen molar-refractivity contribution in [2.45, 2.75) is 31.7 Å². The minimum Gasteiger partial charge on any atom is -0.390 e. The van der Waals surface area contributed by atoms with Gasteiger partial charge in [0.25, 0.3) is 0 Å². The molecule has 4 heteroatoms. The van der Waals surface area contributed by atoms with E-state index in [0.717, 1.165) is 5.56 Å². The highest BCUT2D eigenvalue weighted by atomic mass is 16.5. The second-order valence-corrected chi connectivity index (χ2v) is 5.21. The first-order valence-corrected chi connectivity index (χ1v) is 6.26. The van der Waals surface area contributed by atoms with Gasteiger partial charge in [-0.2, -0.15) is 0 Å². The van der Waals surface area contributed by atoms with Gasteiger partial charge in [-0.05, 0) is 6.92 Å². The van der Waals surface area contributed by atoms with Crippen molar-refractivity contribution in [3.63, 3.8) is 0 Å². The highest BCUT2D eigenvalue weighted by Crippen LogP contribution is 2.43. The van der Waals surface area contributed by atoms with Crippen molar-refractivity contribution >= 4 is 5.91 Å². The van der Waals surface area contributed by atoms with E-state index in [1.165, 1.54) is 0 Å². The summed E-state index contributed by atoms with van der Waals surface area (Å²) in [5, 5.41) is 10.1. The minimum atomic E-state index is -0.755. The van der Waals surface area contributed by atoms with Crippen molar-refractivity contribution in [3.8, 4) is 0 Å². The summed E-state index contributed by atoms with van der Waals surface area (Å²) >= 11 is 0. The summed E-state index contributed by atoms with van der Waals surface area (Å²) in [6.45, 7) is 4.06. The standard InChI is InChI=1S/C14H17NO3/c1-9-12(16)11-8-18-14(2,15(11)13(9)17)10-6-4-3-5-7-10/h3-7,9,11-12,16H,8H2,1-2H3/t9-,11-,12+,14-/m1/s1. The fraction of sp³-hybridized carbons (Fsp3) is 0.500. The Kier molecular flexibility index (Phi) is 2.47. The Morgan fingerprint density at radius 1 is 1.39 bits per heavy atom. The molecule has 4 nitrogen and oxygen atoms in total. The second kappa shape index (κ2) is 3.80. The lowest BCUT2D eigenvalue weighted by Gasteiger charge is -2.33. The maximum absolute atomic E-state index is 12.3. The van der Waals surface area contributed by atoms with Crippen LogP contribution in [0, 0.1) is 5.92 Å². The SMILES string of the molecule is C[C@H]1C(=O)N2[C@H](CO[C@]2(C)c2ccccc2)[C@H]1O. The Balaban J connectivity index is 2.03. The normalized spacial score (nSPS) is 39.2. The molecule has 2 heterocycles. The van der Waals surface area contributed by atoms with E-state index in [0.29, 0.717) is 6.61 Å². The van der Waals surface area contributed by atoms with Gasteiger partial charge in [0.05, 0.1) is 24.7 Å². The highest BCUT2D eigenvalue weighted by molar-refractivity contribution is 5.83. The van der Waals surface area contributed by atoms with E-state index in [1.54, 1.807) is 11.8 Å². The number of aliphatic hydroxyl groups excluding tert-OH is 1. The predicted octanol–water partition coefficient (Wildman–Crippen LogP) is 1.10. The van der Waals surface area contributed by atoms with Crippen molar-refractivity contribution in [1.82, 2.24) is 4.90 Å². The molecule has 0 aromatic heterocycles. The third-order valence-corrected chi connectivity index (χ3v) is 4.17. The molecule has 0 bridgehead atoms. The van der Waals surface area contributed by atoms with E-state index in [2.05, 4.69) is 0 Å². The molecule has 0 aliphatic carbocycles. The molecule has 0 radical (unpaired) electrons. The number of ether oxygens (including phenoxy) is 1. The first-order valence-electron chi connectivity index (χ1n) is 6.26. The lowest BCUT2D eigenvalue weighted by atomic mass is 10.0. The van der Waals surface area contributed by atoms with Gasteiger partial charge in [-0.15, -0.1) is 0 Å². The maximum atomic E-state index is 12.3. The Bertz CT molecular complexity index is 475. The Morgan fingerprint density at radius 3 is 2.72 bits per heavy atom. The Labute approximate surface area is 106 Å². The third-order valence-electron chi connectivity index (χ3n) is 4.17. The van der Waals surface area contributed by atoms with Gasteiger partial charge in [0, 0.05) is 5.56 Å². The number of carbonyl (C=O) groups excluding carboxylic acids is 1. The lowest BCUT2D eigenvalue weighted by Crippen LogP contribution is -2.44. The smallest absolute Gasteiger partial charge is 0.231 e. The summed E-state index contributed by atoms with van der Waals surface area (Å²) in [5.41, 5.74) is 0.191. The first kappa shape index (κ1) is 11.7. The van der Waals surface area contributed by atoms with Gasteiger partial charge >= 0.3 is 0 Å². The number of aliphatic hydroxyl groups is 1. The maximum Gasteiger partial charge on any atom is 0.231 e. The van der Waals surface area contributed by atoms with Gasteiger partial charge in [-0.3, -0.25) is 4.79 Å². The molecule has 1 amide bonds. The zero-order valence-corrected chi connectivity index (χ0v) is 10.5.